The van der Waals surface area contributed by atoms with Gasteiger partial charge in [0.05, 0.1) is 0 Å². The molecule has 2 heteroatoms. The maximum atomic E-state index is 10.8. The maximum absolute atomic E-state index is 10.8. The number of rotatable bonds is 3. The van der Waals surface area contributed by atoms with Gasteiger partial charge in [-0.3, -0.25) is 0 Å². The Morgan fingerprint density at radius 3 is 2.50 bits per heavy atom. The van der Waals surface area contributed by atoms with E-state index in [0.29, 0.717) is 0 Å². The van der Waals surface area contributed by atoms with E-state index in [9.17, 15) is 4.79 Å². The molecule has 0 saturated carbocycles. The molecule has 0 saturated heterocycles. The van der Waals surface area contributed by atoms with Gasteiger partial charge in [0.2, 0.25) is 0 Å². The van der Waals surface area contributed by atoms with E-state index in [1.807, 2.05) is 32.1 Å². The molecule has 0 N–H and O–H groups in total. The smallest absolute Gasteiger partial charge is 0.248 e. The SMILES string of the molecule is CC=CC=C(CC)C(=O)[PH3+]. The third-order valence-electron chi connectivity index (χ3n) is 1.23. The van der Waals surface area contributed by atoms with Crippen molar-refractivity contribution in [2.45, 2.75) is 20.3 Å². The molecule has 0 aromatic rings. The van der Waals surface area contributed by atoms with E-state index in [0.717, 1.165) is 12.0 Å². The molecule has 0 heterocycles. The molecule has 0 amide bonds. The Labute approximate surface area is 64.4 Å². The Kier molecular flexibility index (Phi) is 5.15. The number of hydrogen-bond donors (Lipinski definition) is 0. The Bertz CT molecular complexity index is 168. The van der Waals surface area contributed by atoms with Crippen LogP contribution < -0.4 is 0 Å². The normalized spacial score (nSPS) is 12.8. The largest absolute Gasteiger partial charge is 0.286 e. The van der Waals surface area contributed by atoms with Gasteiger partial charge in [-0.05, 0) is 13.3 Å². The first-order valence-electron chi connectivity index (χ1n) is 3.40. The highest BCUT2D eigenvalue weighted by Crippen LogP contribution is 2.06. The molecule has 0 fully saturated rings. The van der Waals surface area contributed by atoms with Gasteiger partial charge in [0.25, 0.3) is 5.52 Å². The van der Waals surface area contributed by atoms with Crippen LogP contribution >= 0.6 is 9.24 Å². The van der Waals surface area contributed by atoms with Crippen molar-refractivity contribution in [2.24, 2.45) is 0 Å². The molecule has 0 aromatic carbocycles. The highest BCUT2D eigenvalue weighted by Gasteiger charge is 2.02. The van der Waals surface area contributed by atoms with Crippen LogP contribution in [0, 0.1) is 0 Å². The molecule has 0 aromatic heterocycles. The van der Waals surface area contributed by atoms with Crippen LogP contribution in [0.5, 0.6) is 0 Å². The number of carbonyl (C=O) groups excluding carboxylic acids is 1. The lowest BCUT2D eigenvalue weighted by Crippen LogP contribution is -1.88. The lowest BCUT2D eigenvalue weighted by molar-refractivity contribution is -0.108. The summed E-state index contributed by atoms with van der Waals surface area (Å²) < 4.78 is 0. The standard InChI is InChI=1S/C8H13OP/c1-3-5-6-7(4-2)8(9)10/h3,5-6H,4,10H2,1-2H3/p+1. The molecule has 0 radical (unpaired) electrons. The molecule has 1 unspecified atom stereocenters. The molecular formula is C8H14OP+. The van der Waals surface area contributed by atoms with E-state index >= 15 is 0 Å². The van der Waals surface area contributed by atoms with Crippen molar-refractivity contribution in [3.63, 3.8) is 0 Å². The van der Waals surface area contributed by atoms with Crippen molar-refractivity contribution in [1.82, 2.24) is 0 Å². The summed E-state index contributed by atoms with van der Waals surface area (Å²) in [5, 5.41) is 0. The number of hydrogen-bond acceptors (Lipinski definition) is 1. The summed E-state index contributed by atoms with van der Waals surface area (Å²) in [5.41, 5.74) is 1.09. The van der Waals surface area contributed by atoms with E-state index in [4.69, 9.17) is 0 Å². The second-order valence-corrected chi connectivity index (χ2v) is 2.64. The lowest BCUT2D eigenvalue weighted by Gasteiger charge is -1.89. The average Bonchev–Trinajstić information content (AvgIpc) is 1.89. The van der Waals surface area contributed by atoms with Gasteiger partial charge in [0.1, 0.15) is 0 Å². The van der Waals surface area contributed by atoms with Crippen molar-refractivity contribution >= 4 is 14.8 Å². The fourth-order valence-corrected chi connectivity index (χ4v) is 0.988. The van der Waals surface area contributed by atoms with Gasteiger partial charge in [0, 0.05) is 14.8 Å². The predicted octanol–water partition coefficient (Wildman–Crippen LogP) is 2.03. The minimum Gasteiger partial charge on any atom is -0.248 e. The monoisotopic (exact) mass is 157 g/mol. The Morgan fingerprint density at radius 1 is 1.60 bits per heavy atom. The van der Waals surface area contributed by atoms with Crippen molar-refractivity contribution in [2.75, 3.05) is 0 Å². The summed E-state index contributed by atoms with van der Waals surface area (Å²) in [7, 11) is 1.40. The predicted molar refractivity (Wildman–Crippen MR) is 49.3 cm³/mol. The Hall–Kier alpha value is -0.420. The number of allylic oxidation sites excluding steroid dienone is 4. The first kappa shape index (κ1) is 9.58. The van der Waals surface area contributed by atoms with Crippen LogP contribution in [-0.4, -0.2) is 5.52 Å². The minimum atomic E-state index is 0.195. The molecule has 0 bridgehead atoms. The summed E-state index contributed by atoms with van der Waals surface area (Å²) in [4.78, 5) is 10.8. The van der Waals surface area contributed by atoms with Crippen molar-refractivity contribution in [3.05, 3.63) is 23.8 Å². The second kappa shape index (κ2) is 5.37. The molecular weight excluding hydrogens is 143 g/mol. The topological polar surface area (TPSA) is 17.1 Å². The zero-order valence-electron chi connectivity index (χ0n) is 6.55. The third kappa shape index (κ3) is 3.58. The van der Waals surface area contributed by atoms with Crippen molar-refractivity contribution in [1.29, 1.82) is 0 Å². The molecule has 0 aliphatic carbocycles. The first-order chi connectivity index (χ1) is 4.72. The molecule has 0 rings (SSSR count). The van der Waals surface area contributed by atoms with E-state index in [1.54, 1.807) is 0 Å². The van der Waals surface area contributed by atoms with Gasteiger partial charge in [-0.15, -0.1) is 0 Å². The molecule has 0 aliphatic rings. The van der Waals surface area contributed by atoms with Gasteiger partial charge in [-0.2, -0.15) is 0 Å². The van der Waals surface area contributed by atoms with Crippen LogP contribution in [0.4, 0.5) is 0 Å². The summed E-state index contributed by atoms with van der Waals surface area (Å²) >= 11 is 0. The summed E-state index contributed by atoms with van der Waals surface area (Å²) in [5.74, 6) is 0. The average molecular weight is 157 g/mol. The highest BCUT2D eigenvalue weighted by molar-refractivity contribution is 7.41. The van der Waals surface area contributed by atoms with Crippen molar-refractivity contribution in [3.8, 4) is 0 Å². The van der Waals surface area contributed by atoms with Crippen LogP contribution in [0.1, 0.15) is 20.3 Å². The summed E-state index contributed by atoms with van der Waals surface area (Å²) in [6.07, 6.45) is 6.51. The van der Waals surface area contributed by atoms with Crippen molar-refractivity contribution < 1.29 is 4.79 Å². The summed E-state index contributed by atoms with van der Waals surface area (Å²) in [6, 6.07) is 0. The fourth-order valence-electron chi connectivity index (χ4n) is 0.620. The third-order valence-corrected chi connectivity index (χ3v) is 1.68. The van der Waals surface area contributed by atoms with E-state index in [-0.39, 0.29) is 5.52 Å². The molecule has 0 spiro atoms. The van der Waals surface area contributed by atoms with Gasteiger partial charge in [-0.25, -0.2) is 4.79 Å². The lowest BCUT2D eigenvalue weighted by atomic mass is 10.2. The zero-order valence-corrected chi connectivity index (χ0v) is 7.97. The zero-order chi connectivity index (χ0) is 7.98. The van der Waals surface area contributed by atoms with Crippen LogP contribution in [0.25, 0.3) is 0 Å². The van der Waals surface area contributed by atoms with Crippen LogP contribution in [0.15, 0.2) is 23.8 Å². The number of carbonyl (C=O) groups is 1. The maximum Gasteiger partial charge on any atom is 0.286 e. The van der Waals surface area contributed by atoms with E-state index < -0.39 is 0 Å². The Balaban J connectivity index is 4.18. The quantitative estimate of drug-likeness (QED) is 0.348. The Morgan fingerprint density at radius 2 is 2.20 bits per heavy atom. The first-order valence-corrected chi connectivity index (χ1v) is 4.11. The fraction of sp³-hybridized carbons (Fsp3) is 0.375. The van der Waals surface area contributed by atoms with E-state index in [2.05, 4.69) is 0 Å². The van der Waals surface area contributed by atoms with Gasteiger partial charge < -0.3 is 0 Å². The van der Waals surface area contributed by atoms with E-state index in [1.165, 1.54) is 9.24 Å². The van der Waals surface area contributed by atoms with Crippen LogP contribution in [-0.2, 0) is 4.79 Å². The van der Waals surface area contributed by atoms with Crippen LogP contribution in [0.3, 0.4) is 0 Å². The van der Waals surface area contributed by atoms with Crippen LogP contribution in [0.2, 0.25) is 0 Å². The van der Waals surface area contributed by atoms with Gasteiger partial charge >= 0.3 is 0 Å². The van der Waals surface area contributed by atoms with Gasteiger partial charge in [0.15, 0.2) is 0 Å². The molecule has 56 valence electrons. The highest BCUT2D eigenvalue weighted by atomic mass is 31.0. The second-order valence-electron chi connectivity index (χ2n) is 1.99. The molecule has 10 heavy (non-hydrogen) atoms. The van der Waals surface area contributed by atoms with Gasteiger partial charge in [-0.1, -0.05) is 25.2 Å². The minimum absolute atomic E-state index is 0.195. The molecule has 1 atom stereocenters. The molecule has 0 aliphatic heterocycles. The molecule has 1 nitrogen and oxygen atoms in total. The summed E-state index contributed by atoms with van der Waals surface area (Å²) in [6.45, 7) is 3.92.